The van der Waals surface area contributed by atoms with Gasteiger partial charge in [-0.05, 0) is 37.3 Å². The summed E-state index contributed by atoms with van der Waals surface area (Å²) >= 11 is 0. The predicted octanol–water partition coefficient (Wildman–Crippen LogP) is 2.26. The molecule has 5 nitrogen and oxygen atoms in total. The number of rotatable bonds is 4. The first kappa shape index (κ1) is 16.5. The Morgan fingerprint density at radius 3 is 3.00 bits per heavy atom. The van der Waals surface area contributed by atoms with Crippen LogP contribution in [-0.4, -0.2) is 41.5 Å². The number of amides is 1. The number of benzene rings is 1. The summed E-state index contributed by atoms with van der Waals surface area (Å²) < 4.78 is 13.9. The number of hydrogen-bond acceptors (Lipinski definition) is 3. The molecule has 1 amide bonds. The first-order valence-corrected chi connectivity index (χ1v) is 9.05. The molecule has 0 radical (unpaired) electrons. The largest absolute Gasteiger partial charge is 0.356 e. The van der Waals surface area contributed by atoms with Crippen molar-refractivity contribution in [2.24, 2.45) is 5.92 Å². The predicted molar refractivity (Wildman–Crippen MR) is 95.5 cm³/mol. The number of nitrogens with zero attached hydrogens (tertiary/aromatic N) is 1. The second-order valence-electron chi connectivity index (χ2n) is 7.44. The third-order valence-corrected chi connectivity index (χ3v) is 5.87. The molecule has 1 aliphatic carbocycles. The van der Waals surface area contributed by atoms with E-state index < -0.39 is 0 Å². The number of aromatic amines is 1. The summed E-state index contributed by atoms with van der Waals surface area (Å²) in [5, 5.41) is 0.802. The van der Waals surface area contributed by atoms with Crippen LogP contribution in [0.25, 0.3) is 10.9 Å². The summed E-state index contributed by atoms with van der Waals surface area (Å²) in [5.41, 5.74) is 8.95. The smallest absolute Gasteiger partial charge is 0.226 e. The highest BCUT2D eigenvalue weighted by Crippen LogP contribution is 2.32. The van der Waals surface area contributed by atoms with Gasteiger partial charge < -0.3 is 9.88 Å². The van der Waals surface area contributed by atoms with Crippen LogP contribution in [-0.2, 0) is 11.2 Å². The highest BCUT2D eigenvalue weighted by Gasteiger charge is 2.39. The van der Waals surface area contributed by atoms with E-state index in [1.165, 1.54) is 25.3 Å². The fourth-order valence-electron chi connectivity index (χ4n) is 4.43. The van der Waals surface area contributed by atoms with Gasteiger partial charge in [0.25, 0.3) is 0 Å². The van der Waals surface area contributed by atoms with E-state index in [1.807, 2.05) is 20.0 Å². The van der Waals surface area contributed by atoms with Crippen molar-refractivity contribution in [1.82, 2.24) is 20.7 Å². The third kappa shape index (κ3) is 2.93. The minimum atomic E-state index is -0.277. The van der Waals surface area contributed by atoms with Crippen molar-refractivity contribution in [1.29, 1.82) is 0 Å². The number of aryl methyl sites for hydroxylation is 1. The molecular weight excluding hydrogens is 319 g/mol. The van der Waals surface area contributed by atoms with Crippen LogP contribution in [0, 0.1) is 18.7 Å². The maximum Gasteiger partial charge on any atom is 0.226 e. The minimum absolute atomic E-state index is 0.0662. The molecule has 1 aromatic carbocycles. The van der Waals surface area contributed by atoms with Gasteiger partial charge in [0.15, 0.2) is 0 Å². The number of carbonyl (C=O) groups is 1. The van der Waals surface area contributed by atoms with Gasteiger partial charge in [-0.3, -0.25) is 15.6 Å². The van der Waals surface area contributed by atoms with Crippen molar-refractivity contribution < 1.29 is 9.18 Å². The van der Waals surface area contributed by atoms with Crippen LogP contribution in [0.4, 0.5) is 4.39 Å². The quantitative estimate of drug-likeness (QED) is 0.797. The van der Waals surface area contributed by atoms with E-state index in [0.29, 0.717) is 36.5 Å². The van der Waals surface area contributed by atoms with E-state index in [0.717, 1.165) is 16.6 Å². The van der Waals surface area contributed by atoms with Gasteiger partial charge in [-0.2, -0.15) is 0 Å². The number of aromatic nitrogens is 1. The van der Waals surface area contributed by atoms with Crippen molar-refractivity contribution in [3.8, 4) is 0 Å². The summed E-state index contributed by atoms with van der Waals surface area (Å²) in [6, 6.07) is 5.86. The molecule has 2 heterocycles. The van der Waals surface area contributed by atoms with E-state index in [2.05, 4.69) is 15.8 Å². The molecule has 1 saturated heterocycles. The Bertz CT molecular complexity index is 802. The van der Waals surface area contributed by atoms with Crippen molar-refractivity contribution in [2.45, 2.75) is 44.7 Å². The third-order valence-electron chi connectivity index (χ3n) is 5.87. The van der Waals surface area contributed by atoms with Gasteiger partial charge >= 0.3 is 0 Å². The number of likely N-dealkylation sites (N-methyl/N-ethyl adjacent to an activating group) is 1. The van der Waals surface area contributed by atoms with Gasteiger partial charge in [-0.15, -0.1) is 0 Å². The Balaban J connectivity index is 1.47. The van der Waals surface area contributed by atoms with Crippen LogP contribution in [0.1, 0.15) is 30.5 Å². The van der Waals surface area contributed by atoms with Crippen molar-refractivity contribution >= 4 is 16.8 Å². The molecule has 25 heavy (non-hydrogen) atoms. The summed E-state index contributed by atoms with van der Waals surface area (Å²) in [6.07, 6.45) is 3.99. The lowest BCUT2D eigenvalue weighted by atomic mass is 9.97. The number of hydrogen-bond donors (Lipinski definition) is 3. The number of carbonyl (C=O) groups excluding carboxylic acids is 1. The average Bonchev–Trinajstić information content (AvgIpc) is 3.26. The standard InChI is InChI=1S/C19H25FN4O/c1-11-14(12-5-3-7-15(20)19(12)21-11)9-18(25)24(2)10-17-13-6-4-8-16(13)22-23-17/h3,5,7,13,16-17,21-23H,4,6,8-10H2,1-2H3. The van der Waals surface area contributed by atoms with Crippen LogP contribution < -0.4 is 10.9 Å². The number of hydrazine groups is 1. The number of nitrogens with one attached hydrogen (secondary N) is 3. The zero-order chi connectivity index (χ0) is 17.6. The summed E-state index contributed by atoms with van der Waals surface area (Å²) in [5.74, 6) is 0.400. The molecule has 2 aliphatic rings. The molecule has 6 heteroatoms. The molecule has 0 bridgehead atoms. The topological polar surface area (TPSA) is 60.2 Å². The van der Waals surface area contributed by atoms with Crippen LogP contribution in [0.3, 0.4) is 0 Å². The molecule has 3 N–H and O–H groups in total. The molecule has 4 rings (SSSR count). The lowest BCUT2D eigenvalue weighted by molar-refractivity contribution is -0.129. The number of H-pyrrole nitrogens is 1. The Labute approximate surface area is 146 Å². The highest BCUT2D eigenvalue weighted by atomic mass is 19.1. The van der Waals surface area contributed by atoms with Crippen LogP contribution in [0.5, 0.6) is 0 Å². The Hall–Kier alpha value is -1.92. The first-order chi connectivity index (χ1) is 12.0. The molecule has 134 valence electrons. The monoisotopic (exact) mass is 344 g/mol. The van der Waals surface area contributed by atoms with Gasteiger partial charge in [0.2, 0.25) is 5.91 Å². The molecule has 1 aliphatic heterocycles. The SMILES string of the molecule is Cc1[nH]c2c(F)cccc2c1CC(=O)N(C)CC1NNC2CCCC21. The fourth-order valence-corrected chi connectivity index (χ4v) is 4.43. The van der Waals surface area contributed by atoms with Crippen LogP contribution in [0.15, 0.2) is 18.2 Å². The zero-order valence-electron chi connectivity index (χ0n) is 14.7. The Kier molecular flexibility index (Phi) is 4.25. The van der Waals surface area contributed by atoms with Gasteiger partial charge in [0, 0.05) is 36.8 Å². The first-order valence-electron chi connectivity index (χ1n) is 9.05. The van der Waals surface area contributed by atoms with Crippen LogP contribution in [0.2, 0.25) is 0 Å². The lowest BCUT2D eigenvalue weighted by Gasteiger charge is -2.24. The zero-order valence-corrected chi connectivity index (χ0v) is 14.7. The van der Waals surface area contributed by atoms with Gasteiger partial charge in [-0.1, -0.05) is 18.6 Å². The number of fused-ring (bicyclic) bond motifs is 2. The highest BCUT2D eigenvalue weighted by molar-refractivity contribution is 5.90. The average molecular weight is 344 g/mol. The molecule has 0 spiro atoms. The Morgan fingerprint density at radius 2 is 2.16 bits per heavy atom. The summed E-state index contributed by atoms with van der Waals surface area (Å²) in [4.78, 5) is 17.6. The second-order valence-corrected chi connectivity index (χ2v) is 7.44. The molecule has 1 saturated carbocycles. The van der Waals surface area contributed by atoms with E-state index in [-0.39, 0.29) is 11.7 Å². The molecule has 2 fully saturated rings. The van der Waals surface area contributed by atoms with E-state index in [9.17, 15) is 9.18 Å². The molecule has 1 aromatic heterocycles. The van der Waals surface area contributed by atoms with E-state index >= 15 is 0 Å². The van der Waals surface area contributed by atoms with Crippen molar-refractivity contribution in [3.05, 3.63) is 35.3 Å². The van der Waals surface area contributed by atoms with E-state index in [1.54, 1.807) is 11.0 Å². The maximum atomic E-state index is 13.9. The van der Waals surface area contributed by atoms with E-state index in [4.69, 9.17) is 0 Å². The summed E-state index contributed by atoms with van der Waals surface area (Å²) in [7, 11) is 1.86. The van der Waals surface area contributed by atoms with Crippen molar-refractivity contribution in [3.63, 3.8) is 0 Å². The molecule has 3 unspecified atom stereocenters. The van der Waals surface area contributed by atoms with Gasteiger partial charge in [0.05, 0.1) is 11.9 Å². The molecule has 3 atom stereocenters. The number of halogens is 1. The van der Waals surface area contributed by atoms with Crippen molar-refractivity contribution in [2.75, 3.05) is 13.6 Å². The maximum absolute atomic E-state index is 13.9. The second kappa shape index (κ2) is 6.42. The normalized spacial score (nSPS) is 25.5. The molecular formula is C19H25FN4O. The summed E-state index contributed by atoms with van der Waals surface area (Å²) in [6.45, 7) is 2.59. The number of para-hydroxylation sites is 1. The lowest BCUT2D eigenvalue weighted by Crippen LogP contribution is -2.43. The van der Waals surface area contributed by atoms with Gasteiger partial charge in [-0.25, -0.2) is 4.39 Å². The molecule has 2 aromatic rings. The fraction of sp³-hybridized carbons (Fsp3) is 0.526. The minimum Gasteiger partial charge on any atom is -0.356 e. The van der Waals surface area contributed by atoms with Gasteiger partial charge in [0.1, 0.15) is 5.82 Å². The van der Waals surface area contributed by atoms with Crippen LogP contribution >= 0.6 is 0 Å². The Morgan fingerprint density at radius 1 is 1.32 bits per heavy atom.